The number of nitrogens with zero attached hydrogens (tertiary/aromatic N) is 1. The molecule has 0 fully saturated rings. The zero-order valence-electron chi connectivity index (χ0n) is 16.9. The molecule has 0 radical (unpaired) electrons. The summed E-state index contributed by atoms with van der Waals surface area (Å²) in [6.45, 7) is 5.60. The molecule has 0 spiro atoms. The molecule has 3 aromatic rings. The van der Waals surface area contributed by atoms with E-state index in [1.807, 2.05) is 44.2 Å². The molecule has 3 aromatic carbocycles. The minimum absolute atomic E-state index is 0.169. The molecule has 0 unspecified atom stereocenters. The highest BCUT2D eigenvalue weighted by molar-refractivity contribution is 7.92. The van der Waals surface area contributed by atoms with E-state index in [0.717, 1.165) is 16.8 Å². The van der Waals surface area contributed by atoms with Gasteiger partial charge in [-0.3, -0.25) is 9.52 Å². The third-order valence-corrected chi connectivity index (χ3v) is 6.27. The molecular weight excluding hydrogens is 384 g/mol. The van der Waals surface area contributed by atoms with E-state index in [-0.39, 0.29) is 10.8 Å². The van der Waals surface area contributed by atoms with Gasteiger partial charge in [0.05, 0.1) is 4.90 Å². The lowest BCUT2D eigenvalue weighted by Crippen LogP contribution is -2.26. The number of anilines is 2. The topological polar surface area (TPSA) is 66.5 Å². The Bertz CT molecular complexity index is 1140. The van der Waals surface area contributed by atoms with E-state index in [9.17, 15) is 13.2 Å². The molecule has 1 amide bonds. The second-order valence-electron chi connectivity index (χ2n) is 7.15. The van der Waals surface area contributed by atoms with Crippen molar-refractivity contribution in [1.29, 1.82) is 0 Å². The zero-order chi connectivity index (χ0) is 21.2. The van der Waals surface area contributed by atoms with E-state index in [1.165, 1.54) is 0 Å². The van der Waals surface area contributed by atoms with E-state index >= 15 is 0 Å². The molecule has 0 atom stereocenters. The lowest BCUT2D eigenvalue weighted by molar-refractivity contribution is 0.0993. The van der Waals surface area contributed by atoms with Gasteiger partial charge in [0.25, 0.3) is 15.9 Å². The van der Waals surface area contributed by atoms with Gasteiger partial charge < -0.3 is 4.90 Å². The lowest BCUT2D eigenvalue weighted by atomic mass is 10.1. The van der Waals surface area contributed by atoms with Gasteiger partial charge in [-0.05, 0) is 74.4 Å². The number of carbonyl (C=O) groups excluding carboxylic acids is 1. The summed E-state index contributed by atoms with van der Waals surface area (Å²) in [7, 11) is -2.00. The van der Waals surface area contributed by atoms with E-state index < -0.39 is 10.0 Å². The van der Waals surface area contributed by atoms with E-state index in [2.05, 4.69) is 4.72 Å². The second kappa shape index (κ2) is 8.09. The second-order valence-corrected chi connectivity index (χ2v) is 8.80. The summed E-state index contributed by atoms with van der Waals surface area (Å²) in [5.74, 6) is -0.169. The van der Waals surface area contributed by atoms with Crippen molar-refractivity contribution in [2.45, 2.75) is 25.7 Å². The summed E-state index contributed by atoms with van der Waals surface area (Å²) in [5, 5.41) is 0. The minimum Gasteiger partial charge on any atom is -0.311 e. The van der Waals surface area contributed by atoms with Gasteiger partial charge in [0, 0.05) is 24.0 Å². The van der Waals surface area contributed by atoms with Crippen molar-refractivity contribution in [2.75, 3.05) is 16.7 Å². The van der Waals surface area contributed by atoms with Crippen LogP contribution in [0.25, 0.3) is 0 Å². The number of rotatable bonds is 5. The number of hydrogen-bond acceptors (Lipinski definition) is 3. The summed E-state index contributed by atoms with van der Waals surface area (Å²) >= 11 is 0. The highest BCUT2D eigenvalue weighted by Gasteiger charge is 2.18. The van der Waals surface area contributed by atoms with E-state index in [1.54, 1.807) is 55.3 Å². The smallest absolute Gasteiger partial charge is 0.262 e. The Hall–Kier alpha value is -3.12. The summed E-state index contributed by atoms with van der Waals surface area (Å²) in [5.41, 5.74) is 4.34. The van der Waals surface area contributed by atoms with Crippen LogP contribution in [0.15, 0.2) is 71.6 Å². The Balaban J connectivity index is 1.78. The first kappa shape index (κ1) is 20.6. The average molecular weight is 409 g/mol. The molecule has 150 valence electrons. The van der Waals surface area contributed by atoms with Gasteiger partial charge in [-0.1, -0.05) is 29.8 Å². The third kappa shape index (κ3) is 4.66. The van der Waals surface area contributed by atoms with Crippen LogP contribution in [0.1, 0.15) is 27.0 Å². The molecule has 0 aliphatic heterocycles. The van der Waals surface area contributed by atoms with Crippen LogP contribution in [0.4, 0.5) is 11.4 Å². The summed E-state index contributed by atoms with van der Waals surface area (Å²) in [6, 6.07) is 19.4. The molecule has 5 nitrogen and oxygen atoms in total. The van der Waals surface area contributed by atoms with Crippen molar-refractivity contribution in [1.82, 2.24) is 0 Å². The molecule has 0 heterocycles. The van der Waals surface area contributed by atoms with Gasteiger partial charge in [0.2, 0.25) is 0 Å². The molecule has 29 heavy (non-hydrogen) atoms. The van der Waals surface area contributed by atoms with Crippen molar-refractivity contribution in [3.05, 3.63) is 89.0 Å². The monoisotopic (exact) mass is 408 g/mol. The number of aryl methyl sites for hydroxylation is 3. The van der Waals surface area contributed by atoms with Gasteiger partial charge in [-0.2, -0.15) is 0 Å². The number of sulfonamides is 1. The molecule has 0 bridgehead atoms. The van der Waals surface area contributed by atoms with Crippen LogP contribution >= 0.6 is 0 Å². The van der Waals surface area contributed by atoms with Crippen molar-refractivity contribution in [3.63, 3.8) is 0 Å². The van der Waals surface area contributed by atoms with Crippen LogP contribution in [0.5, 0.6) is 0 Å². The SMILES string of the molecule is Cc1ccc(N(C)C(=O)c2ccc(NS(=O)(=O)c3cc(C)ccc3C)cc2)cc1. The number of benzene rings is 3. The highest BCUT2D eigenvalue weighted by atomic mass is 32.2. The van der Waals surface area contributed by atoms with Crippen molar-refractivity contribution in [3.8, 4) is 0 Å². The lowest BCUT2D eigenvalue weighted by Gasteiger charge is -2.18. The average Bonchev–Trinajstić information content (AvgIpc) is 2.69. The molecule has 1 N–H and O–H groups in total. The maximum Gasteiger partial charge on any atom is 0.262 e. The Labute approximate surface area is 172 Å². The van der Waals surface area contributed by atoms with Crippen molar-refractivity contribution < 1.29 is 13.2 Å². The van der Waals surface area contributed by atoms with Gasteiger partial charge >= 0.3 is 0 Å². The molecule has 3 rings (SSSR count). The maximum absolute atomic E-state index is 12.7. The minimum atomic E-state index is -3.71. The molecule has 0 aromatic heterocycles. The molecule has 6 heteroatoms. The number of carbonyl (C=O) groups is 1. The Morgan fingerprint density at radius 3 is 2.03 bits per heavy atom. The van der Waals surface area contributed by atoms with Crippen LogP contribution < -0.4 is 9.62 Å². The summed E-state index contributed by atoms with van der Waals surface area (Å²) in [6.07, 6.45) is 0. The first-order chi connectivity index (χ1) is 13.7. The Morgan fingerprint density at radius 1 is 0.828 bits per heavy atom. The number of hydrogen-bond donors (Lipinski definition) is 1. The predicted molar refractivity (Wildman–Crippen MR) is 117 cm³/mol. The largest absolute Gasteiger partial charge is 0.311 e. The fourth-order valence-electron chi connectivity index (χ4n) is 2.97. The van der Waals surface area contributed by atoms with Crippen LogP contribution in [-0.4, -0.2) is 21.4 Å². The van der Waals surface area contributed by atoms with Crippen LogP contribution in [0.2, 0.25) is 0 Å². The molecule has 0 saturated heterocycles. The highest BCUT2D eigenvalue weighted by Crippen LogP contribution is 2.22. The van der Waals surface area contributed by atoms with Gasteiger partial charge in [-0.15, -0.1) is 0 Å². The molecule has 0 saturated carbocycles. The van der Waals surface area contributed by atoms with Gasteiger partial charge in [0.15, 0.2) is 0 Å². The molecule has 0 aliphatic carbocycles. The third-order valence-electron chi connectivity index (χ3n) is 4.74. The normalized spacial score (nSPS) is 11.2. The van der Waals surface area contributed by atoms with Crippen LogP contribution in [-0.2, 0) is 10.0 Å². The van der Waals surface area contributed by atoms with Gasteiger partial charge in [-0.25, -0.2) is 8.42 Å². The first-order valence-corrected chi connectivity index (χ1v) is 10.7. The van der Waals surface area contributed by atoms with Crippen LogP contribution in [0, 0.1) is 20.8 Å². The molecule has 0 aliphatic rings. The number of nitrogens with one attached hydrogen (secondary N) is 1. The standard InChI is InChI=1S/C23H24N2O3S/c1-16-6-13-21(14-7-16)25(4)23(26)19-9-11-20(12-10-19)24-29(27,28)22-15-17(2)5-8-18(22)3/h5-15,24H,1-4H3. The quantitative estimate of drug-likeness (QED) is 0.666. The van der Waals surface area contributed by atoms with Gasteiger partial charge in [0.1, 0.15) is 0 Å². The summed E-state index contributed by atoms with van der Waals surface area (Å²) in [4.78, 5) is 14.5. The zero-order valence-corrected chi connectivity index (χ0v) is 17.7. The Kier molecular flexibility index (Phi) is 5.75. The van der Waals surface area contributed by atoms with Crippen LogP contribution in [0.3, 0.4) is 0 Å². The molecular formula is C23H24N2O3S. The fraction of sp³-hybridized carbons (Fsp3) is 0.174. The fourth-order valence-corrected chi connectivity index (χ4v) is 4.36. The maximum atomic E-state index is 12.7. The van der Waals surface area contributed by atoms with E-state index in [0.29, 0.717) is 16.8 Å². The summed E-state index contributed by atoms with van der Waals surface area (Å²) < 4.78 is 28.0. The first-order valence-electron chi connectivity index (χ1n) is 9.22. The van der Waals surface area contributed by atoms with E-state index in [4.69, 9.17) is 0 Å². The van der Waals surface area contributed by atoms with Crippen molar-refractivity contribution >= 4 is 27.3 Å². The number of amides is 1. The Morgan fingerprint density at radius 2 is 1.41 bits per heavy atom. The van der Waals surface area contributed by atoms with Crippen molar-refractivity contribution in [2.24, 2.45) is 0 Å². The predicted octanol–water partition coefficient (Wildman–Crippen LogP) is 4.69.